The van der Waals surface area contributed by atoms with Crippen LogP contribution in [0.25, 0.3) is 0 Å². The highest BCUT2D eigenvalue weighted by molar-refractivity contribution is 6.04. The van der Waals surface area contributed by atoms with E-state index >= 15 is 0 Å². The second kappa shape index (κ2) is 4.92. The Hall–Kier alpha value is -1.15. The predicted molar refractivity (Wildman–Crippen MR) is 89.2 cm³/mol. The Labute approximate surface area is 133 Å². The number of benzene rings is 1. The number of ketones is 1. The molecule has 0 amide bonds. The zero-order valence-electron chi connectivity index (χ0n) is 14.5. The highest BCUT2D eigenvalue weighted by Crippen LogP contribution is 2.57. The zero-order chi connectivity index (χ0) is 16.3. The van der Waals surface area contributed by atoms with Crippen molar-refractivity contribution in [3.63, 3.8) is 0 Å². The molecular weight excluding hydrogens is 272 g/mol. The maximum Gasteiger partial charge on any atom is 0.169 e. The molecule has 1 fully saturated rings. The second-order valence-electron chi connectivity index (χ2n) is 8.04. The topological polar surface area (TPSA) is 37.3 Å². The van der Waals surface area contributed by atoms with Gasteiger partial charge in [0.05, 0.1) is 5.60 Å². The van der Waals surface area contributed by atoms with E-state index < -0.39 is 11.0 Å². The molecular formula is C20H28O2. The van der Waals surface area contributed by atoms with Gasteiger partial charge in [0, 0.05) is 16.9 Å². The monoisotopic (exact) mass is 300 g/mol. The summed E-state index contributed by atoms with van der Waals surface area (Å²) in [6, 6.07) is 4.19. The van der Waals surface area contributed by atoms with Gasteiger partial charge in [-0.3, -0.25) is 4.79 Å². The van der Waals surface area contributed by atoms with Crippen LogP contribution in [0.4, 0.5) is 0 Å². The summed E-state index contributed by atoms with van der Waals surface area (Å²) < 4.78 is 0. The SMILES string of the molecule is Cc1ccc(C)c2c1CCC1C(C)(CCC1(O)C(C)C)C2=O. The van der Waals surface area contributed by atoms with E-state index in [2.05, 4.69) is 39.8 Å². The Bertz CT molecular complexity index is 631. The minimum Gasteiger partial charge on any atom is -0.389 e. The number of hydrogen-bond donors (Lipinski definition) is 1. The molecule has 3 unspecified atom stereocenters. The van der Waals surface area contributed by atoms with E-state index in [0.29, 0.717) is 0 Å². The quantitative estimate of drug-likeness (QED) is 0.842. The van der Waals surface area contributed by atoms with E-state index in [9.17, 15) is 9.90 Å². The maximum atomic E-state index is 13.4. The average molecular weight is 300 g/mol. The van der Waals surface area contributed by atoms with Gasteiger partial charge >= 0.3 is 0 Å². The van der Waals surface area contributed by atoms with Gasteiger partial charge in [-0.1, -0.05) is 32.9 Å². The molecule has 0 spiro atoms. The van der Waals surface area contributed by atoms with Gasteiger partial charge in [0.2, 0.25) is 0 Å². The van der Waals surface area contributed by atoms with Crippen LogP contribution < -0.4 is 0 Å². The van der Waals surface area contributed by atoms with Crippen molar-refractivity contribution < 1.29 is 9.90 Å². The van der Waals surface area contributed by atoms with Gasteiger partial charge in [0.25, 0.3) is 0 Å². The Morgan fingerprint density at radius 1 is 1.18 bits per heavy atom. The van der Waals surface area contributed by atoms with Crippen LogP contribution in [0, 0.1) is 31.1 Å². The van der Waals surface area contributed by atoms with Gasteiger partial charge in [-0.2, -0.15) is 0 Å². The standard InChI is InChI=1S/C20H28O2/c1-12(2)20(22)11-10-19(5)16(20)9-8-15-13(3)6-7-14(4)17(15)18(19)21/h6-7,12,16,22H,8-11H2,1-5H3. The third-order valence-corrected chi connectivity index (χ3v) is 6.60. The summed E-state index contributed by atoms with van der Waals surface area (Å²) in [6.45, 7) is 10.4. The smallest absolute Gasteiger partial charge is 0.169 e. The number of aryl methyl sites for hydroxylation is 2. The zero-order valence-corrected chi connectivity index (χ0v) is 14.5. The van der Waals surface area contributed by atoms with E-state index in [1.807, 2.05) is 6.92 Å². The molecule has 0 bridgehead atoms. The van der Waals surface area contributed by atoms with E-state index in [4.69, 9.17) is 0 Å². The number of carbonyl (C=O) groups is 1. The summed E-state index contributed by atoms with van der Waals surface area (Å²) in [4.78, 5) is 13.4. The summed E-state index contributed by atoms with van der Waals surface area (Å²) in [6.07, 6.45) is 3.37. The molecule has 2 aliphatic carbocycles. The first-order valence-corrected chi connectivity index (χ1v) is 8.58. The molecule has 22 heavy (non-hydrogen) atoms. The lowest BCUT2D eigenvalue weighted by atomic mass is 9.68. The molecule has 1 saturated carbocycles. The van der Waals surface area contributed by atoms with Crippen LogP contribution in [-0.4, -0.2) is 16.5 Å². The first-order valence-electron chi connectivity index (χ1n) is 8.58. The van der Waals surface area contributed by atoms with E-state index in [0.717, 1.165) is 36.8 Å². The molecule has 0 saturated heterocycles. The molecule has 2 heteroatoms. The number of hydrogen-bond acceptors (Lipinski definition) is 2. The number of rotatable bonds is 1. The molecule has 2 nitrogen and oxygen atoms in total. The van der Waals surface area contributed by atoms with Gasteiger partial charge in [0.15, 0.2) is 5.78 Å². The van der Waals surface area contributed by atoms with Gasteiger partial charge in [0.1, 0.15) is 0 Å². The van der Waals surface area contributed by atoms with Crippen LogP contribution in [0.3, 0.4) is 0 Å². The highest BCUT2D eigenvalue weighted by Gasteiger charge is 2.59. The minimum absolute atomic E-state index is 0.0682. The molecule has 0 aromatic heterocycles. The molecule has 1 N–H and O–H groups in total. The Balaban J connectivity index is 2.16. The largest absolute Gasteiger partial charge is 0.389 e. The summed E-state index contributed by atoms with van der Waals surface area (Å²) in [5.41, 5.74) is 3.35. The van der Waals surface area contributed by atoms with Crippen molar-refractivity contribution in [2.75, 3.05) is 0 Å². The molecule has 120 valence electrons. The summed E-state index contributed by atoms with van der Waals surface area (Å²) in [5.74, 6) is 0.525. The van der Waals surface area contributed by atoms with Crippen molar-refractivity contribution in [2.45, 2.75) is 65.9 Å². The molecule has 2 aliphatic rings. The molecule has 0 heterocycles. The second-order valence-corrected chi connectivity index (χ2v) is 8.04. The van der Waals surface area contributed by atoms with Crippen LogP contribution in [0.15, 0.2) is 12.1 Å². The minimum atomic E-state index is -0.700. The third kappa shape index (κ3) is 1.93. The molecule has 1 aromatic rings. The Morgan fingerprint density at radius 3 is 2.45 bits per heavy atom. The molecule has 0 aliphatic heterocycles. The first kappa shape index (κ1) is 15.7. The van der Waals surface area contributed by atoms with Crippen molar-refractivity contribution in [2.24, 2.45) is 17.3 Å². The number of aliphatic hydroxyl groups is 1. The van der Waals surface area contributed by atoms with Gasteiger partial charge in [-0.25, -0.2) is 0 Å². The lowest BCUT2D eigenvalue weighted by Gasteiger charge is -2.39. The summed E-state index contributed by atoms with van der Waals surface area (Å²) in [7, 11) is 0. The normalized spacial score (nSPS) is 34.5. The maximum absolute atomic E-state index is 13.4. The molecule has 3 atom stereocenters. The summed E-state index contributed by atoms with van der Waals surface area (Å²) in [5, 5.41) is 11.2. The molecule has 0 radical (unpaired) electrons. The lowest BCUT2D eigenvalue weighted by Crippen LogP contribution is -2.45. The van der Waals surface area contributed by atoms with Crippen LogP contribution in [-0.2, 0) is 6.42 Å². The summed E-state index contributed by atoms with van der Waals surface area (Å²) >= 11 is 0. The molecule has 1 aromatic carbocycles. The number of carbonyl (C=O) groups excluding carboxylic acids is 1. The number of fused-ring (bicyclic) bond motifs is 2. The van der Waals surface area contributed by atoms with Crippen LogP contribution >= 0.6 is 0 Å². The van der Waals surface area contributed by atoms with Gasteiger partial charge < -0.3 is 5.11 Å². The van der Waals surface area contributed by atoms with Crippen LogP contribution in [0.5, 0.6) is 0 Å². The molecule has 3 rings (SSSR count). The van der Waals surface area contributed by atoms with E-state index in [1.54, 1.807) is 0 Å². The predicted octanol–water partition coefficient (Wildman–Crippen LogP) is 4.24. The van der Waals surface area contributed by atoms with Gasteiger partial charge in [-0.05, 0) is 62.1 Å². The number of Topliss-reactive ketones (excluding diaryl/α,β-unsaturated/α-hetero) is 1. The fourth-order valence-electron chi connectivity index (χ4n) is 4.97. The van der Waals surface area contributed by atoms with Crippen molar-refractivity contribution in [1.29, 1.82) is 0 Å². The van der Waals surface area contributed by atoms with Crippen LogP contribution in [0.2, 0.25) is 0 Å². The first-order chi connectivity index (χ1) is 10.2. The Kier molecular flexibility index (Phi) is 3.52. The Morgan fingerprint density at radius 2 is 1.82 bits per heavy atom. The highest BCUT2D eigenvalue weighted by atomic mass is 16.3. The third-order valence-electron chi connectivity index (χ3n) is 6.60. The van der Waals surface area contributed by atoms with Crippen molar-refractivity contribution in [3.05, 3.63) is 34.4 Å². The van der Waals surface area contributed by atoms with Crippen molar-refractivity contribution >= 4 is 5.78 Å². The van der Waals surface area contributed by atoms with Crippen molar-refractivity contribution in [1.82, 2.24) is 0 Å². The average Bonchev–Trinajstić information content (AvgIpc) is 2.66. The fraction of sp³-hybridized carbons (Fsp3) is 0.650. The van der Waals surface area contributed by atoms with E-state index in [1.165, 1.54) is 11.1 Å². The lowest BCUT2D eigenvalue weighted by molar-refractivity contribution is -0.0587. The van der Waals surface area contributed by atoms with Gasteiger partial charge in [-0.15, -0.1) is 0 Å². The van der Waals surface area contributed by atoms with E-state index in [-0.39, 0.29) is 17.6 Å². The fourth-order valence-corrected chi connectivity index (χ4v) is 4.97. The van der Waals surface area contributed by atoms with Crippen LogP contribution in [0.1, 0.15) is 67.1 Å². The van der Waals surface area contributed by atoms with Crippen molar-refractivity contribution in [3.8, 4) is 0 Å².